The van der Waals surface area contributed by atoms with Crippen LogP contribution in [0.15, 0.2) is 249 Å². The van der Waals surface area contributed by atoms with Crippen LogP contribution in [0.5, 0.6) is 5.88 Å². The van der Waals surface area contributed by atoms with Crippen molar-refractivity contribution in [2.24, 2.45) is 0 Å². The Hall–Kier alpha value is -16.3. The number of rotatable bonds is 16. The minimum Gasteiger partial charge on any atom is -0.481 e. The van der Waals surface area contributed by atoms with E-state index in [2.05, 4.69) is 116 Å². The summed E-state index contributed by atoms with van der Waals surface area (Å²) in [5.41, 5.74) is 53.9. The third-order valence-corrected chi connectivity index (χ3v) is 28.5. The van der Waals surface area contributed by atoms with Gasteiger partial charge in [0.25, 0.3) is 5.91 Å². The zero-order valence-electron chi connectivity index (χ0n) is 78.1. The number of nitrogens with one attached hydrogen (secondary N) is 4. The summed E-state index contributed by atoms with van der Waals surface area (Å²) in [5.74, 6) is 0.691. The normalized spacial score (nSPS) is 17.4. The van der Waals surface area contributed by atoms with Gasteiger partial charge in [-0.05, 0) is 151 Å². The molecule has 5 aliphatic rings. The maximum Gasteiger partial charge on any atom is 0.320 e. The first-order chi connectivity index (χ1) is 70.5. The number of aromatic nitrogens is 18. The van der Waals surface area contributed by atoms with Crippen LogP contribution in [-0.4, -0.2) is 203 Å². The van der Waals surface area contributed by atoms with E-state index in [-0.39, 0.29) is 23.7 Å². The lowest BCUT2D eigenvalue weighted by atomic mass is 9.92. The largest absolute Gasteiger partial charge is 0.481 e. The number of amides is 1. The van der Waals surface area contributed by atoms with Gasteiger partial charge in [-0.1, -0.05) is 156 Å². The van der Waals surface area contributed by atoms with Crippen molar-refractivity contribution in [2.45, 2.75) is 87.2 Å². The number of anilines is 5. The van der Waals surface area contributed by atoms with E-state index in [1.165, 1.54) is 16.9 Å². The predicted molar refractivity (Wildman–Crippen MR) is 562 cm³/mol. The molecular formula is C105H97Cl3N28O8S. The van der Waals surface area contributed by atoms with E-state index in [4.69, 9.17) is 103 Å². The number of hydrogen-bond donors (Lipinski definition) is 12. The molecular weight excluding hydrogens is 1920 g/mol. The number of nitrogens with zero attached hydrogens (tertiary/aromatic N) is 19. The molecule has 5 aromatic carbocycles. The highest BCUT2D eigenvalue weighted by atomic mass is 35.5. The smallest absolute Gasteiger partial charge is 0.320 e. The number of methoxy groups -OCH3 is 1. The fourth-order valence-corrected chi connectivity index (χ4v) is 20.0. The average Bonchev–Trinajstić information content (AvgIpc) is 1.63. The SMILES string of the molecule is COc1cc(-c2cnn3c(N)cc(C4CCC(C(=O)O)NC4)nc23)ccn1.Nc1c(Cl)c(C2=CCN(C(=O)c3cccs3)CC2)nc2c(-c3cnc4ccccc4c3)cnn12.Nc1c(Cl)c(C2=CCNCC2)nc2c(-c3cnc4ccccc4c3)cnn12.Nc1cc(C2CCC(C(=O)O)NC2)nc2c(-c3ccc(-c4ccccc4)cc3)cnn12.Nc1cc(C2CCC(C(=O)O)NC2)nc2c(-c3ccc(Cl)cc3)cnn12. The van der Waals surface area contributed by atoms with Crippen LogP contribution >= 0.6 is 46.1 Å². The van der Waals surface area contributed by atoms with E-state index in [9.17, 15) is 24.3 Å². The Kier molecular flexibility index (Phi) is 28.0. The third kappa shape index (κ3) is 20.3. The summed E-state index contributed by atoms with van der Waals surface area (Å²) in [4.78, 5) is 86.1. The average molecular weight is 2020 g/mol. The fraction of sp³-hybridized carbons (Fsp3) is 0.210. The number of thiophene rings is 1. The van der Waals surface area contributed by atoms with Crippen molar-refractivity contribution in [1.29, 1.82) is 0 Å². The lowest BCUT2D eigenvalue weighted by molar-refractivity contribution is -0.141. The lowest BCUT2D eigenvalue weighted by Gasteiger charge is -2.27. The van der Waals surface area contributed by atoms with E-state index in [0.29, 0.717) is 142 Å². The summed E-state index contributed by atoms with van der Waals surface area (Å²) < 4.78 is 13.2. The van der Waals surface area contributed by atoms with Gasteiger partial charge in [-0.3, -0.25) is 29.1 Å². The molecule has 3 fully saturated rings. The molecule has 14 aromatic heterocycles. The summed E-state index contributed by atoms with van der Waals surface area (Å²) >= 11 is 20.6. The van der Waals surface area contributed by atoms with E-state index in [0.717, 1.165) is 161 Å². The molecule has 0 spiro atoms. The van der Waals surface area contributed by atoms with E-state index in [1.807, 2.05) is 162 Å². The second-order valence-electron chi connectivity index (χ2n) is 35.6. The first kappa shape index (κ1) is 96.2. The maximum absolute atomic E-state index is 12.7. The number of carbonyl (C=O) groups excluding carboxylic acids is 1. The summed E-state index contributed by atoms with van der Waals surface area (Å²) in [6, 6.07) is 57.6. The number of para-hydroxylation sites is 2. The Morgan fingerprint density at radius 3 is 1.26 bits per heavy atom. The molecule has 732 valence electrons. The van der Waals surface area contributed by atoms with Crippen LogP contribution in [0.2, 0.25) is 15.1 Å². The predicted octanol–water partition coefficient (Wildman–Crippen LogP) is 16.1. The molecule has 6 atom stereocenters. The number of pyridine rings is 3. The Morgan fingerprint density at radius 1 is 0.421 bits per heavy atom. The summed E-state index contributed by atoms with van der Waals surface area (Å²) in [5, 5.41) is 67.4. The second-order valence-corrected chi connectivity index (χ2v) is 37.7. The molecule has 0 bridgehead atoms. The van der Waals surface area contributed by atoms with Crippen LogP contribution in [0.4, 0.5) is 29.1 Å². The van der Waals surface area contributed by atoms with Crippen molar-refractivity contribution in [2.75, 3.05) is 81.6 Å². The number of ether oxygens (including phenoxy) is 1. The van der Waals surface area contributed by atoms with E-state index in [1.54, 1.807) is 66.9 Å². The molecule has 3 saturated heterocycles. The molecule has 1 amide bonds. The first-order valence-corrected chi connectivity index (χ1v) is 49.0. The van der Waals surface area contributed by atoms with Crippen molar-refractivity contribution in [3.8, 4) is 72.6 Å². The highest BCUT2D eigenvalue weighted by Crippen LogP contribution is 2.41. The quantitative estimate of drug-likeness (QED) is 0.0427. The number of fused-ring (bicyclic) bond motifs is 7. The summed E-state index contributed by atoms with van der Waals surface area (Å²) in [6.45, 7) is 4.46. The van der Waals surface area contributed by atoms with Gasteiger partial charge in [0.2, 0.25) is 5.88 Å². The molecule has 0 radical (unpaired) electrons. The van der Waals surface area contributed by atoms with Crippen LogP contribution < -0.4 is 54.7 Å². The van der Waals surface area contributed by atoms with Crippen molar-refractivity contribution in [1.82, 2.24) is 114 Å². The van der Waals surface area contributed by atoms with Crippen molar-refractivity contribution in [3.05, 3.63) is 298 Å². The standard InChI is InChI=1S/C25H19ClN6OS.C24H23N5O2.C20H17ClN6.C18H18ClN5O2.C18H20N6O3/c26-21-22(15-7-9-31(10-8-15)25(33)20-6-3-11-34-20)30-24-18(14-29-32(24)23(21)27)17-12-16-4-1-2-5-19(16)28-13-17;25-22-12-21(18-10-11-20(24(30)31)26-13-18)28-23-19(14-27-29(22)23)17-8-6-16(7-9-17)15-4-2-1-3-5-15;21-17-18(12-5-7-23-8-6-12)26-20-15(11-25-27(20)19(17)22)14-9-13-3-1-2-4-16(13)24-10-14;19-12-4-1-10(2-5-12)13-9-22-24-16(20)7-15(23-17(13)24)11-3-6-14(18(25)26)21-8-11;1-27-16-6-10(4-5-20-16)12-9-22-24-15(19)7-14(23-17(12)24)11-2-3-13(18(25)26)21-8-11/h1-7,11-14H,8-10,27H2;1-9,12,14,18,20,26H,10-11,13,25H2,(H,30,31);1-5,9-11,23H,6-8,22H2;1-2,4-5,7,9,11,14,21H,3,6,8,20H2,(H,25,26);4-7,9,11,13,21H,2-3,8,19H2,1H3,(H,25,26). The molecule has 36 nitrogen and oxygen atoms in total. The van der Waals surface area contributed by atoms with Gasteiger partial charge >= 0.3 is 17.9 Å². The molecule has 0 aliphatic carbocycles. The van der Waals surface area contributed by atoms with Crippen molar-refractivity contribution < 1.29 is 39.2 Å². The zero-order valence-corrected chi connectivity index (χ0v) is 81.1. The molecule has 5 aliphatic heterocycles. The highest BCUT2D eigenvalue weighted by molar-refractivity contribution is 7.12. The van der Waals surface area contributed by atoms with Gasteiger partial charge in [0.15, 0.2) is 28.2 Å². The maximum atomic E-state index is 12.7. The van der Waals surface area contributed by atoms with Crippen LogP contribution in [-0.2, 0) is 14.4 Å². The number of nitrogens with two attached hydrogens (primary N) is 5. The summed E-state index contributed by atoms with van der Waals surface area (Å²) in [7, 11) is 1.57. The van der Waals surface area contributed by atoms with Gasteiger partial charge in [-0.15, -0.1) is 11.3 Å². The molecule has 0 saturated carbocycles. The zero-order chi connectivity index (χ0) is 100. The molecule has 145 heavy (non-hydrogen) atoms. The van der Waals surface area contributed by atoms with Crippen LogP contribution in [0.25, 0.3) is 128 Å². The Bertz CT molecular complexity index is 8180. The number of aliphatic carboxylic acids is 3. The highest BCUT2D eigenvalue weighted by Gasteiger charge is 2.34. The van der Waals surface area contributed by atoms with Gasteiger partial charge in [-0.25, -0.2) is 29.9 Å². The number of carboxylic acid groups (broad SMARTS) is 3. The minimum absolute atomic E-state index is 0.0428. The molecule has 24 rings (SSSR count). The monoisotopic (exact) mass is 2010 g/mol. The third-order valence-electron chi connectivity index (χ3n) is 26.6. The number of carbonyl (C=O) groups is 4. The molecule has 19 heterocycles. The molecule has 17 N–H and O–H groups in total. The van der Waals surface area contributed by atoms with Crippen LogP contribution in [0.1, 0.15) is 107 Å². The Labute approximate surface area is 847 Å². The van der Waals surface area contributed by atoms with Gasteiger partial charge in [0, 0.05) is 155 Å². The number of hydrogen-bond acceptors (Lipinski definition) is 28. The van der Waals surface area contributed by atoms with Gasteiger partial charge in [0.05, 0.1) is 82.5 Å². The topological polar surface area (TPSA) is 509 Å². The lowest BCUT2D eigenvalue weighted by Crippen LogP contribution is -2.43. The fourth-order valence-electron chi connectivity index (χ4n) is 18.7. The van der Waals surface area contributed by atoms with E-state index < -0.39 is 36.0 Å². The Balaban J connectivity index is 0.000000111. The Morgan fingerprint density at radius 2 is 0.841 bits per heavy atom. The first-order valence-electron chi connectivity index (χ1n) is 47.0. The minimum atomic E-state index is -0.818. The number of carboxylic acids is 3. The van der Waals surface area contributed by atoms with Gasteiger partial charge in [-0.2, -0.15) is 48.1 Å². The molecule has 19 aromatic rings. The number of benzene rings is 5. The van der Waals surface area contributed by atoms with Crippen molar-refractivity contribution >= 4 is 160 Å². The van der Waals surface area contributed by atoms with E-state index >= 15 is 0 Å². The van der Waals surface area contributed by atoms with Gasteiger partial charge < -0.3 is 74.9 Å². The van der Waals surface area contributed by atoms with Crippen LogP contribution in [0, 0.1) is 0 Å². The number of piperidine rings is 3. The molecule has 6 unspecified atom stereocenters. The number of halogens is 3. The second kappa shape index (κ2) is 42.1. The molecule has 40 heteroatoms. The van der Waals surface area contributed by atoms with Crippen molar-refractivity contribution in [3.63, 3.8) is 0 Å². The number of nitrogen functional groups attached to an aromatic ring is 5. The van der Waals surface area contributed by atoms with Gasteiger partial charge in [0.1, 0.15) is 57.3 Å². The summed E-state index contributed by atoms with van der Waals surface area (Å²) in [6.07, 6.45) is 23.6. The van der Waals surface area contributed by atoms with Crippen LogP contribution in [0.3, 0.4) is 0 Å².